The Hall–Kier alpha value is -3.85. The van der Waals surface area contributed by atoms with E-state index in [0.717, 1.165) is 15.7 Å². The third-order valence-electron chi connectivity index (χ3n) is 7.59. The Morgan fingerprint density at radius 1 is 0.923 bits per heavy atom. The van der Waals surface area contributed by atoms with Crippen LogP contribution in [0.25, 0.3) is 0 Å². The highest BCUT2D eigenvalue weighted by Crippen LogP contribution is 2.39. The summed E-state index contributed by atoms with van der Waals surface area (Å²) in [7, 11) is 1.77. The van der Waals surface area contributed by atoms with Gasteiger partial charge in [-0.15, -0.1) is 0 Å². The van der Waals surface area contributed by atoms with Crippen LogP contribution >= 0.6 is 15.9 Å². The van der Waals surface area contributed by atoms with Gasteiger partial charge >= 0.3 is 6.03 Å². The van der Waals surface area contributed by atoms with E-state index < -0.39 is 5.54 Å². The molecule has 0 unspecified atom stereocenters. The summed E-state index contributed by atoms with van der Waals surface area (Å²) in [6.45, 7) is 1.69. The van der Waals surface area contributed by atoms with Crippen molar-refractivity contribution in [2.24, 2.45) is 0 Å². The Morgan fingerprint density at radius 3 is 2.21 bits per heavy atom. The molecule has 2 aliphatic heterocycles. The number of urea groups is 1. The van der Waals surface area contributed by atoms with Gasteiger partial charge in [-0.1, -0.05) is 60.7 Å². The van der Waals surface area contributed by atoms with Crippen molar-refractivity contribution in [3.05, 3.63) is 95.0 Å². The standard InChI is InChI=1S/C30H32BrN5O3/c1-33(20-23-10-4-2-5-11-23)27(37)21-35-22-36(24-12-6-3-7-13-24)30(28(35)38)16-18-34(19-17-30)29(39)32-26-15-9-8-14-25(26)31/h2-15H,16-22H2,1H3,(H,32,39). The average molecular weight is 591 g/mol. The van der Waals surface area contributed by atoms with Gasteiger partial charge in [0.25, 0.3) is 5.91 Å². The van der Waals surface area contributed by atoms with E-state index in [1.165, 1.54) is 0 Å². The highest BCUT2D eigenvalue weighted by molar-refractivity contribution is 9.10. The van der Waals surface area contributed by atoms with Crippen molar-refractivity contribution in [3.8, 4) is 0 Å². The van der Waals surface area contributed by atoms with E-state index in [2.05, 4.69) is 26.1 Å². The quantitative estimate of drug-likeness (QED) is 0.449. The lowest BCUT2D eigenvalue weighted by Gasteiger charge is -2.43. The van der Waals surface area contributed by atoms with Crippen LogP contribution < -0.4 is 10.2 Å². The first-order chi connectivity index (χ1) is 18.9. The van der Waals surface area contributed by atoms with Crippen LogP contribution in [0.1, 0.15) is 18.4 Å². The minimum absolute atomic E-state index is 0.0134. The summed E-state index contributed by atoms with van der Waals surface area (Å²) in [4.78, 5) is 47.4. The first-order valence-electron chi connectivity index (χ1n) is 13.1. The van der Waals surface area contributed by atoms with E-state index in [0.29, 0.717) is 44.8 Å². The van der Waals surface area contributed by atoms with E-state index in [4.69, 9.17) is 0 Å². The van der Waals surface area contributed by atoms with Crippen LogP contribution in [-0.2, 0) is 16.1 Å². The lowest BCUT2D eigenvalue weighted by molar-refractivity contribution is -0.140. The zero-order chi connectivity index (χ0) is 27.4. The van der Waals surface area contributed by atoms with E-state index in [1.54, 1.807) is 21.7 Å². The summed E-state index contributed by atoms with van der Waals surface area (Å²) in [6.07, 6.45) is 0.962. The fourth-order valence-electron chi connectivity index (χ4n) is 5.39. The smallest absolute Gasteiger partial charge is 0.321 e. The molecule has 0 atom stereocenters. The summed E-state index contributed by atoms with van der Waals surface area (Å²) in [5.74, 6) is -0.166. The summed E-state index contributed by atoms with van der Waals surface area (Å²) in [5.41, 5.74) is 1.88. The molecule has 202 valence electrons. The molecule has 1 N–H and O–H groups in total. The molecule has 8 nitrogen and oxygen atoms in total. The second-order valence-electron chi connectivity index (χ2n) is 10.1. The topological polar surface area (TPSA) is 76.2 Å². The molecule has 2 aliphatic rings. The van der Waals surface area contributed by atoms with Crippen LogP contribution in [0, 0.1) is 0 Å². The Bertz CT molecular complexity index is 1330. The van der Waals surface area contributed by atoms with Gasteiger partial charge < -0.3 is 24.9 Å². The van der Waals surface area contributed by atoms with Crippen LogP contribution in [0.3, 0.4) is 0 Å². The highest BCUT2D eigenvalue weighted by Gasteiger charge is 2.54. The molecule has 1 spiro atoms. The maximum absolute atomic E-state index is 14.0. The number of benzene rings is 3. The van der Waals surface area contributed by atoms with Gasteiger partial charge in [0.2, 0.25) is 5.91 Å². The van der Waals surface area contributed by atoms with Crippen LogP contribution in [0.4, 0.5) is 16.2 Å². The summed E-state index contributed by atoms with van der Waals surface area (Å²) in [5, 5.41) is 2.96. The molecule has 0 radical (unpaired) electrons. The second-order valence-corrected chi connectivity index (χ2v) is 10.9. The Balaban J connectivity index is 1.30. The Kier molecular flexibility index (Phi) is 7.88. The number of nitrogens with zero attached hydrogens (tertiary/aromatic N) is 4. The van der Waals surface area contributed by atoms with Gasteiger partial charge in [0.15, 0.2) is 0 Å². The molecule has 0 bridgehead atoms. The molecule has 3 aromatic rings. The van der Waals surface area contributed by atoms with Crippen LogP contribution in [0.15, 0.2) is 89.4 Å². The van der Waals surface area contributed by atoms with Crippen molar-refractivity contribution in [1.82, 2.24) is 14.7 Å². The number of likely N-dealkylation sites (N-methyl/N-ethyl adjacent to an activating group) is 1. The van der Waals surface area contributed by atoms with E-state index in [9.17, 15) is 14.4 Å². The van der Waals surface area contributed by atoms with Crippen molar-refractivity contribution < 1.29 is 14.4 Å². The number of para-hydroxylation sites is 2. The number of halogens is 1. The molecule has 4 amide bonds. The number of hydrogen-bond donors (Lipinski definition) is 1. The number of piperidine rings is 1. The molecule has 39 heavy (non-hydrogen) atoms. The molecule has 0 aliphatic carbocycles. The minimum atomic E-state index is -0.802. The van der Waals surface area contributed by atoms with E-state index >= 15 is 0 Å². The zero-order valence-electron chi connectivity index (χ0n) is 21.9. The number of anilines is 2. The van der Waals surface area contributed by atoms with E-state index in [1.807, 2.05) is 84.9 Å². The summed E-state index contributed by atoms with van der Waals surface area (Å²) < 4.78 is 0.811. The fourth-order valence-corrected chi connectivity index (χ4v) is 5.77. The lowest BCUT2D eigenvalue weighted by Crippen LogP contribution is -2.58. The summed E-state index contributed by atoms with van der Waals surface area (Å²) >= 11 is 3.47. The Labute approximate surface area is 237 Å². The maximum atomic E-state index is 14.0. The molecule has 2 heterocycles. The third-order valence-corrected chi connectivity index (χ3v) is 8.28. The van der Waals surface area contributed by atoms with Crippen molar-refractivity contribution in [2.45, 2.75) is 24.9 Å². The van der Waals surface area contributed by atoms with Gasteiger partial charge in [-0.25, -0.2) is 4.79 Å². The summed E-state index contributed by atoms with van der Waals surface area (Å²) in [6, 6.07) is 26.9. The number of amides is 4. The normalized spacial score (nSPS) is 16.5. The van der Waals surface area contributed by atoms with Crippen molar-refractivity contribution >= 4 is 45.2 Å². The molecule has 2 saturated heterocycles. The molecular weight excluding hydrogens is 558 g/mol. The molecule has 2 fully saturated rings. The van der Waals surface area contributed by atoms with Gasteiger partial charge in [0.05, 0.1) is 12.4 Å². The molecule has 0 saturated carbocycles. The monoisotopic (exact) mass is 589 g/mol. The molecule has 3 aromatic carbocycles. The molecule has 9 heteroatoms. The fraction of sp³-hybridized carbons (Fsp3) is 0.300. The van der Waals surface area contributed by atoms with Crippen LogP contribution in [-0.4, -0.2) is 71.4 Å². The Morgan fingerprint density at radius 2 is 1.54 bits per heavy atom. The number of likely N-dealkylation sites (tertiary alicyclic amines) is 1. The molecule has 5 rings (SSSR count). The predicted molar refractivity (Wildman–Crippen MR) is 155 cm³/mol. The number of hydrogen-bond acceptors (Lipinski definition) is 4. The first-order valence-corrected chi connectivity index (χ1v) is 13.9. The maximum Gasteiger partial charge on any atom is 0.321 e. The van der Waals surface area contributed by atoms with Crippen molar-refractivity contribution in [1.29, 1.82) is 0 Å². The number of nitrogens with one attached hydrogen (secondary N) is 1. The first kappa shape index (κ1) is 26.7. The predicted octanol–water partition coefficient (Wildman–Crippen LogP) is 4.78. The molecule has 0 aromatic heterocycles. The SMILES string of the molecule is CN(Cc1ccccc1)C(=O)CN1CN(c2ccccc2)C2(CCN(C(=O)Nc3ccccc3Br)CC2)C1=O. The van der Waals surface area contributed by atoms with Crippen LogP contribution in [0.2, 0.25) is 0 Å². The molecular formula is C30H32BrN5O3. The lowest BCUT2D eigenvalue weighted by atomic mass is 9.85. The number of carbonyl (C=O) groups excluding carboxylic acids is 3. The van der Waals surface area contributed by atoms with Gasteiger partial charge in [0.1, 0.15) is 12.1 Å². The largest absolute Gasteiger partial charge is 0.340 e. The highest BCUT2D eigenvalue weighted by atomic mass is 79.9. The zero-order valence-corrected chi connectivity index (χ0v) is 23.5. The number of carbonyl (C=O) groups is 3. The third kappa shape index (κ3) is 5.63. The second kappa shape index (κ2) is 11.5. The van der Waals surface area contributed by atoms with Crippen LogP contribution in [0.5, 0.6) is 0 Å². The minimum Gasteiger partial charge on any atom is -0.340 e. The average Bonchev–Trinajstić information content (AvgIpc) is 3.21. The van der Waals surface area contributed by atoms with E-state index in [-0.39, 0.29) is 24.4 Å². The van der Waals surface area contributed by atoms with Gasteiger partial charge in [-0.3, -0.25) is 9.59 Å². The number of rotatable bonds is 6. The van der Waals surface area contributed by atoms with Gasteiger partial charge in [-0.2, -0.15) is 0 Å². The van der Waals surface area contributed by atoms with Gasteiger partial charge in [0, 0.05) is 36.8 Å². The van der Waals surface area contributed by atoms with Gasteiger partial charge in [-0.05, 0) is 58.6 Å². The van der Waals surface area contributed by atoms with Crippen molar-refractivity contribution in [3.63, 3.8) is 0 Å². The van der Waals surface area contributed by atoms with Crippen molar-refractivity contribution in [2.75, 3.05) is 43.6 Å².